The van der Waals surface area contributed by atoms with Crippen molar-refractivity contribution in [2.24, 2.45) is 0 Å². The second-order valence-corrected chi connectivity index (χ2v) is 6.04. The first-order valence-electron chi connectivity index (χ1n) is 7.75. The van der Waals surface area contributed by atoms with Gasteiger partial charge in [-0.3, -0.25) is 4.79 Å². The predicted octanol–water partition coefficient (Wildman–Crippen LogP) is 2.41. The monoisotopic (exact) mass is 346 g/mol. The highest BCUT2D eigenvalue weighted by Gasteiger charge is 2.25. The molecule has 0 spiro atoms. The van der Waals surface area contributed by atoms with E-state index in [1.807, 2.05) is 11.8 Å². The van der Waals surface area contributed by atoms with E-state index in [0.717, 1.165) is 5.56 Å². The molecule has 6 nitrogen and oxygen atoms in total. The summed E-state index contributed by atoms with van der Waals surface area (Å²) in [5.74, 6) is 1.18. The van der Waals surface area contributed by atoms with E-state index in [1.165, 1.54) is 0 Å². The molecule has 1 saturated heterocycles. The molecule has 0 radical (unpaired) electrons. The van der Waals surface area contributed by atoms with Gasteiger partial charge in [0.15, 0.2) is 0 Å². The van der Waals surface area contributed by atoms with Gasteiger partial charge in [-0.2, -0.15) is 0 Å². The van der Waals surface area contributed by atoms with Crippen LogP contribution in [-0.2, 0) is 0 Å². The fraction of sp³-hybridized carbons (Fsp3) is 0.353. The molecule has 24 heavy (non-hydrogen) atoms. The van der Waals surface area contributed by atoms with E-state index < -0.39 is 0 Å². The topological polar surface area (TPSA) is 58.6 Å². The van der Waals surface area contributed by atoms with Crippen LogP contribution in [0.4, 0.5) is 5.95 Å². The Balaban J connectivity index is 1.73. The second-order valence-electron chi connectivity index (χ2n) is 5.63. The van der Waals surface area contributed by atoms with Crippen LogP contribution < -0.4 is 9.64 Å². The Kier molecular flexibility index (Phi) is 4.85. The third-order valence-electron chi connectivity index (χ3n) is 4.11. The Labute approximate surface area is 146 Å². The molecule has 1 aliphatic rings. The molecule has 1 amide bonds. The molecule has 0 saturated carbocycles. The van der Waals surface area contributed by atoms with Crippen molar-refractivity contribution in [3.63, 3.8) is 0 Å². The standard InChI is InChI=1S/C17H19ClN4O2/c1-12-10-15(24-2)13(11-14(12)18)16(23)21-6-8-22(9-7-21)17-19-4-3-5-20-17/h3-5,10-11H,6-9H2,1-2H3. The van der Waals surface area contributed by atoms with Crippen molar-refractivity contribution in [3.05, 3.63) is 46.7 Å². The molecule has 0 atom stereocenters. The van der Waals surface area contributed by atoms with Crippen molar-refractivity contribution >= 4 is 23.5 Å². The Bertz CT molecular complexity index is 731. The van der Waals surface area contributed by atoms with Gasteiger partial charge in [0, 0.05) is 43.6 Å². The number of anilines is 1. The van der Waals surface area contributed by atoms with E-state index in [-0.39, 0.29) is 5.91 Å². The van der Waals surface area contributed by atoms with Gasteiger partial charge in [0.25, 0.3) is 5.91 Å². The number of rotatable bonds is 3. The maximum absolute atomic E-state index is 12.8. The maximum atomic E-state index is 12.8. The number of ether oxygens (including phenoxy) is 1. The lowest BCUT2D eigenvalue weighted by Crippen LogP contribution is -2.49. The zero-order valence-electron chi connectivity index (χ0n) is 13.7. The second kappa shape index (κ2) is 7.05. The first kappa shape index (κ1) is 16.5. The fourth-order valence-electron chi connectivity index (χ4n) is 2.73. The molecule has 0 N–H and O–H groups in total. The largest absolute Gasteiger partial charge is 0.496 e. The summed E-state index contributed by atoms with van der Waals surface area (Å²) in [6.45, 7) is 4.48. The number of benzene rings is 1. The Morgan fingerprint density at radius 1 is 1.17 bits per heavy atom. The predicted molar refractivity (Wildman–Crippen MR) is 92.9 cm³/mol. The zero-order chi connectivity index (χ0) is 17.1. The third kappa shape index (κ3) is 3.28. The Morgan fingerprint density at radius 3 is 2.46 bits per heavy atom. The fourth-order valence-corrected chi connectivity index (χ4v) is 2.89. The number of nitrogens with zero attached hydrogens (tertiary/aromatic N) is 4. The van der Waals surface area contributed by atoms with Crippen molar-refractivity contribution < 1.29 is 9.53 Å². The van der Waals surface area contributed by atoms with Crippen molar-refractivity contribution in [2.45, 2.75) is 6.92 Å². The SMILES string of the molecule is COc1cc(C)c(Cl)cc1C(=O)N1CCN(c2ncccn2)CC1. The molecule has 2 heterocycles. The summed E-state index contributed by atoms with van der Waals surface area (Å²) in [5.41, 5.74) is 1.38. The average molecular weight is 347 g/mol. The van der Waals surface area contributed by atoms with E-state index in [0.29, 0.717) is 48.5 Å². The number of piperazine rings is 1. The molecule has 0 unspecified atom stereocenters. The number of aromatic nitrogens is 2. The Hall–Kier alpha value is -2.34. The van der Waals surface area contributed by atoms with E-state index in [2.05, 4.69) is 14.9 Å². The van der Waals surface area contributed by atoms with Crippen LogP contribution in [0.15, 0.2) is 30.6 Å². The van der Waals surface area contributed by atoms with Crippen LogP contribution in [0.1, 0.15) is 15.9 Å². The number of carbonyl (C=O) groups is 1. The van der Waals surface area contributed by atoms with Gasteiger partial charge in [0.05, 0.1) is 12.7 Å². The maximum Gasteiger partial charge on any atom is 0.257 e. The Morgan fingerprint density at radius 2 is 1.83 bits per heavy atom. The first-order valence-corrected chi connectivity index (χ1v) is 8.13. The van der Waals surface area contributed by atoms with Gasteiger partial charge < -0.3 is 14.5 Å². The number of hydrogen-bond acceptors (Lipinski definition) is 5. The molecule has 1 aromatic carbocycles. The molecule has 126 valence electrons. The first-order chi connectivity index (χ1) is 11.6. The van der Waals surface area contributed by atoms with Crippen LogP contribution in [-0.4, -0.2) is 54.1 Å². The number of methoxy groups -OCH3 is 1. The normalized spacial score (nSPS) is 14.6. The summed E-state index contributed by atoms with van der Waals surface area (Å²) in [6.07, 6.45) is 3.44. The molecule has 1 aliphatic heterocycles. The minimum Gasteiger partial charge on any atom is -0.496 e. The highest BCUT2D eigenvalue weighted by atomic mass is 35.5. The number of aryl methyl sites for hydroxylation is 1. The summed E-state index contributed by atoms with van der Waals surface area (Å²) < 4.78 is 5.35. The van der Waals surface area contributed by atoms with E-state index in [1.54, 1.807) is 37.7 Å². The molecular weight excluding hydrogens is 328 g/mol. The van der Waals surface area contributed by atoms with Crippen molar-refractivity contribution in [1.82, 2.24) is 14.9 Å². The molecule has 1 aromatic heterocycles. The minimum atomic E-state index is -0.0672. The summed E-state index contributed by atoms with van der Waals surface area (Å²) in [6, 6.07) is 5.27. The van der Waals surface area contributed by atoms with Crippen LogP contribution >= 0.6 is 11.6 Å². The number of halogens is 1. The summed E-state index contributed by atoms with van der Waals surface area (Å²) in [7, 11) is 1.56. The van der Waals surface area contributed by atoms with Crippen LogP contribution in [0.5, 0.6) is 5.75 Å². The number of hydrogen-bond donors (Lipinski definition) is 0. The van der Waals surface area contributed by atoms with E-state index >= 15 is 0 Å². The molecule has 0 bridgehead atoms. The lowest BCUT2D eigenvalue weighted by molar-refractivity contribution is 0.0743. The third-order valence-corrected chi connectivity index (χ3v) is 4.52. The van der Waals surface area contributed by atoms with Crippen LogP contribution in [0.3, 0.4) is 0 Å². The van der Waals surface area contributed by atoms with Crippen LogP contribution in [0.2, 0.25) is 5.02 Å². The average Bonchev–Trinajstić information content (AvgIpc) is 2.64. The van der Waals surface area contributed by atoms with Crippen molar-refractivity contribution in [3.8, 4) is 5.75 Å². The van der Waals surface area contributed by atoms with E-state index in [4.69, 9.17) is 16.3 Å². The zero-order valence-corrected chi connectivity index (χ0v) is 14.5. The molecule has 7 heteroatoms. The summed E-state index contributed by atoms with van der Waals surface area (Å²) in [4.78, 5) is 25.2. The van der Waals surface area contributed by atoms with Gasteiger partial charge in [-0.25, -0.2) is 9.97 Å². The molecule has 3 rings (SSSR count). The summed E-state index contributed by atoms with van der Waals surface area (Å²) >= 11 is 6.18. The van der Waals surface area contributed by atoms with Gasteiger partial charge in [-0.15, -0.1) is 0 Å². The van der Waals surface area contributed by atoms with Gasteiger partial charge in [0.2, 0.25) is 5.95 Å². The lowest BCUT2D eigenvalue weighted by atomic mass is 10.1. The van der Waals surface area contributed by atoms with E-state index in [9.17, 15) is 4.79 Å². The number of carbonyl (C=O) groups excluding carboxylic acids is 1. The lowest BCUT2D eigenvalue weighted by Gasteiger charge is -2.34. The molecular formula is C17H19ClN4O2. The van der Waals surface area contributed by atoms with Gasteiger partial charge >= 0.3 is 0 Å². The number of amides is 1. The van der Waals surface area contributed by atoms with Gasteiger partial charge in [-0.05, 0) is 30.7 Å². The van der Waals surface area contributed by atoms with Crippen molar-refractivity contribution in [1.29, 1.82) is 0 Å². The quantitative estimate of drug-likeness (QED) is 0.854. The molecule has 2 aromatic rings. The molecule has 0 aliphatic carbocycles. The summed E-state index contributed by atoms with van der Waals surface area (Å²) in [5, 5.41) is 0.565. The highest BCUT2D eigenvalue weighted by molar-refractivity contribution is 6.31. The minimum absolute atomic E-state index is 0.0672. The smallest absolute Gasteiger partial charge is 0.257 e. The molecule has 1 fully saturated rings. The van der Waals surface area contributed by atoms with Crippen LogP contribution in [0.25, 0.3) is 0 Å². The highest BCUT2D eigenvalue weighted by Crippen LogP contribution is 2.28. The van der Waals surface area contributed by atoms with Crippen LogP contribution in [0, 0.1) is 6.92 Å². The van der Waals surface area contributed by atoms with Gasteiger partial charge in [0.1, 0.15) is 5.75 Å². The van der Waals surface area contributed by atoms with Crippen molar-refractivity contribution in [2.75, 3.05) is 38.2 Å². The van der Waals surface area contributed by atoms with Gasteiger partial charge in [-0.1, -0.05) is 11.6 Å².